The Bertz CT molecular complexity index is 546. The molecule has 2 amide bonds. The molecule has 1 unspecified atom stereocenters. The van der Waals surface area contributed by atoms with Crippen LogP contribution in [-0.2, 0) is 12.7 Å². The molecule has 0 bridgehead atoms. The van der Waals surface area contributed by atoms with Crippen molar-refractivity contribution in [3.8, 4) is 0 Å². The zero-order valence-electron chi connectivity index (χ0n) is 13.4. The number of nitrogens with zero attached hydrogens (tertiary/aromatic N) is 1. The monoisotopic (exact) mass is 345 g/mol. The molecule has 0 saturated carbocycles. The number of rotatable bonds is 5. The van der Waals surface area contributed by atoms with E-state index in [0.717, 1.165) is 30.7 Å². The van der Waals surface area contributed by atoms with Gasteiger partial charge in [0.05, 0.1) is 11.7 Å². The number of aliphatic hydroxyl groups is 1. The Hall–Kier alpha value is -1.80. The van der Waals surface area contributed by atoms with E-state index in [9.17, 15) is 18.0 Å². The van der Waals surface area contributed by atoms with Gasteiger partial charge < -0.3 is 15.7 Å². The summed E-state index contributed by atoms with van der Waals surface area (Å²) in [5.41, 5.74) is 0.157. The molecule has 1 aliphatic rings. The van der Waals surface area contributed by atoms with Gasteiger partial charge in [-0.2, -0.15) is 13.2 Å². The highest BCUT2D eigenvalue weighted by atomic mass is 19.4. The van der Waals surface area contributed by atoms with Crippen LogP contribution in [0.2, 0.25) is 0 Å². The summed E-state index contributed by atoms with van der Waals surface area (Å²) in [7, 11) is 0. The van der Waals surface area contributed by atoms with E-state index in [-0.39, 0.29) is 18.6 Å². The normalized spacial score (nSPS) is 20.0. The van der Waals surface area contributed by atoms with Crippen molar-refractivity contribution in [2.45, 2.75) is 38.2 Å². The van der Waals surface area contributed by atoms with E-state index in [1.807, 2.05) is 0 Å². The summed E-state index contributed by atoms with van der Waals surface area (Å²) in [4.78, 5) is 13.7. The minimum atomic E-state index is -4.32. The first-order valence-corrected chi connectivity index (χ1v) is 7.85. The van der Waals surface area contributed by atoms with E-state index in [1.165, 1.54) is 12.1 Å². The van der Waals surface area contributed by atoms with E-state index in [4.69, 9.17) is 5.11 Å². The highest BCUT2D eigenvalue weighted by Crippen LogP contribution is 2.29. The molecule has 1 saturated heterocycles. The molecule has 1 fully saturated rings. The second kappa shape index (κ2) is 7.85. The van der Waals surface area contributed by atoms with Crippen LogP contribution in [0.5, 0.6) is 0 Å². The second-order valence-corrected chi connectivity index (χ2v) is 6.12. The third-order valence-corrected chi connectivity index (χ3v) is 3.85. The van der Waals surface area contributed by atoms with E-state index in [2.05, 4.69) is 15.5 Å². The van der Waals surface area contributed by atoms with Crippen LogP contribution < -0.4 is 10.6 Å². The van der Waals surface area contributed by atoms with E-state index < -0.39 is 17.8 Å². The first kappa shape index (κ1) is 18.5. The van der Waals surface area contributed by atoms with Crippen LogP contribution in [0.15, 0.2) is 24.3 Å². The number of alkyl halides is 3. The fourth-order valence-electron chi connectivity index (χ4n) is 2.63. The molecule has 1 aromatic rings. The Balaban J connectivity index is 1.78. The van der Waals surface area contributed by atoms with E-state index >= 15 is 0 Å². The Labute approximate surface area is 138 Å². The summed E-state index contributed by atoms with van der Waals surface area (Å²) in [5.74, 6) is 0. The molecule has 1 aromatic carbocycles. The van der Waals surface area contributed by atoms with Crippen molar-refractivity contribution in [1.82, 2.24) is 15.5 Å². The number of carbonyl (C=O) groups excluding carboxylic acids is 1. The second-order valence-electron chi connectivity index (χ2n) is 6.12. The van der Waals surface area contributed by atoms with Gasteiger partial charge in [0.25, 0.3) is 0 Å². The van der Waals surface area contributed by atoms with Crippen LogP contribution in [-0.4, -0.2) is 47.8 Å². The number of hydrogen-bond acceptors (Lipinski definition) is 3. The highest BCUT2D eigenvalue weighted by Gasteiger charge is 2.30. The molecule has 2 rings (SSSR count). The maximum Gasteiger partial charge on any atom is 0.416 e. The lowest BCUT2D eigenvalue weighted by Gasteiger charge is -2.17. The van der Waals surface area contributed by atoms with Crippen LogP contribution >= 0.6 is 0 Å². The van der Waals surface area contributed by atoms with Gasteiger partial charge in [0.2, 0.25) is 0 Å². The van der Waals surface area contributed by atoms with Crippen LogP contribution in [0.3, 0.4) is 0 Å². The number of nitrogens with one attached hydrogen (secondary N) is 2. The van der Waals surface area contributed by atoms with E-state index in [0.29, 0.717) is 13.1 Å². The average Bonchev–Trinajstić information content (AvgIpc) is 2.92. The molecule has 0 aromatic heterocycles. The molecule has 8 heteroatoms. The summed E-state index contributed by atoms with van der Waals surface area (Å²) >= 11 is 0. The van der Waals surface area contributed by atoms with Gasteiger partial charge in [-0.15, -0.1) is 0 Å². The number of hydrogen-bond donors (Lipinski definition) is 3. The smallest absolute Gasteiger partial charge is 0.392 e. The molecule has 134 valence electrons. The zero-order chi connectivity index (χ0) is 17.7. The standard InChI is InChI=1S/C16H22F3N3O2/c1-11(23)8-20-15(24)21-14-6-7-22(10-14)9-12-2-4-13(5-3-12)16(17,18)19/h2-5,11,14,23H,6-10H2,1H3,(H2,20,21,24)/t11-,14?/m1/s1. The summed E-state index contributed by atoms with van der Waals surface area (Å²) in [6, 6.07) is 4.82. The molecule has 5 nitrogen and oxygen atoms in total. The summed E-state index contributed by atoms with van der Waals surface area (Å²) < 4.78 is 37.6. The highest BCUT2D eigenvalue weighted by molar-refractivity contribution is 5.74. The number of benzene rings is 1. The van der Waals surface area contributed by atoms with Gasteiger partial charge in [-0.05, 0) is 31.0 Å². The Kier molecular flexibility index (Phi) is 6.06. The van der Waals surface area contributed by atoms with Gasteiger partial charge in [-0.3, -0.25) is 4.90 Å². The zero-order valence-corrected chi connectivity index (χ0v) is 13.4. The van der Waals surface area contributed by atoms with Gasteiger partial charge in [-0.25, -0.2) is 4.79 Å². The minimum Gasteiger partial charge on any atom is -0.392 e. The number of halogens is 3. The molecule has 3 N–H and O–H groups in total. The van der Waals surface area contributed by atoms with Gasteiger partial charge >= 0.3 is 12.2 Å². The summed E-state index contributed by atoms with van der Waals surface area (Å²) in [5, 5.41) is 14.5. The molecule has 1 aliphatic heterocycles. The van der Waals surface area contributed by atoms with Gasteiger partial charge in [0, 0.05) is 32.2 Å². The van der Waals surface area contributed by atoms with Crippen LogP contribution in [0.25, 0.3) is 0 Å². The molecule has 24 heavy (non-hydrogen) atoms. The number of likely N-dealkylation sites (tertiary alicyclic amines) is 1. The lowest BCUT2D eigenvalue weighted by Crippen LogP contribution is -2.45. The van der Waals surface area contributed by atoms with Crippen LogP contribution in [0.4, 0.5) is 18.0 Å². The van der Waals surface area contributed by atoms with E-state index in [1.54, 1.807) is 6.92 Å². The van der Waals surface area contributed by atoms with Gasteiger partial charge in [0.15, 0.2) is 0 Å². The molecule has 0 spiro atoms. The quantitative estimate of drug-likeness (QED) is 0.764. The van der Waals surface area contributed by atoms with Crippen molar-refractivity contribution < 1.29 is 23.1 Å². The fourth-order valence-corrected chi connectivity index (χ4v) is 2.63. The van der Waals surface area contributed by atoms with Crippen molar-refractivity contribution in [3.63, 3.8) is 0 Å². The molecule has 2 atom stereocenters. The largest absolute Gasteiger partial charge is 0.416 e. The fraction of sp³-hybridized carbons (Fsp3) is 0.562. The minimum absolute atomic E-state index is 0.00607. The number of carbonyl (C=O) groups is 1. The topological polar surface area (TPSA) is 64.6 Å². The lowest BCUT2D eigenvalue weighted by atomic mass is 10.1. The number of amides is 2. The SMILES string of the molecule is C[C@@H](O)CNC(=O)NC1CCN(Cc2ccc(C(F)(F)F)cc2)C1. The van der Waals surface area contributed by atoms with Gasteiger partial charge in [0.1, 0.15) is 0 Å². The van der Waals surface area contributed by atoms with Crippen LogP contribution in [0, 0.1) is 0 Å². The Morgan fingerprint density at radius 3 is 2.62 bits per heavy atom. The predicted molar refractivity (Wildman–Crippen MR) is 83.3 cm³/mol. The third kappa shape index (κ3) is 5.68. The first-order chi connectivity index (χ1) is 11.2. The lowest BCUT2D eigenvalue weighted by molar-refractivity contribution is -0.137. The first-order valence-electron chi connectivity index (χ1n) is 7.85. The van der Waals surface area contributed by atoms with Crippen molar-refractivity contribution >= 4 is 6.03 Å². The van der Waals surface area contributed by atoms with Crippen LogP contribution in [0.1, 0.15) is 24.5 Å². The Morgan fingerprint density at radius 2 is 2.04 bits per heavy atom. The average molecular weight is 345 g/mol. The van der Waals surface area contributed by atoms with Crippen molar-refractivity contribution in [1.29, 1.82) is 0 Å². The molecular weight excluding hydrogens is 323 g/mol. The third-order valence-electron chi connectivity index (χ3n) is 3.85. The molecule has 0 aliphatic carbocycles. The Morgan fingerprint density at radius 1 is 1.38 bits per heavy atom. The van der Waals surface area contributed by atoms with Crippen molar-refractivity contribution in [2.75, 3.05) is 19.6 Å². The maximum atomic E-state index is 12.5. The van der Waals surface area contributed by atoms with Crippen molar-refractivity contribution in [3.05, 3.63) is 35.4 Å². The maximum absolute atomic E-state index is 12.5. The molecular formula is C16H22F3N3O2. The van der Waals surface area contributed by atoms with Crippen molar-refractivity contribution in [2.24, 2.45) is 0 Å². The van der Waals surface area contributed by atoms with Gasteiger partial charge in [-0.1, -0.05) is 12.1 Å². The molecule has 1 heterocycles. The summed E-state index contributed by atoms with van der Waals surface area (Å²) in [6.07, 6.45) is -4.14. The predicted octanol–water partition coefficient (Wildman–Crippen LogP) is 1.96. The molecule has 0 radical (unpaired) electrons. The number of aliphatic hydroxyl groups excluding tert-OH is 1. The number of urea groups is 1. The summed E-state index contributed by atoms with van der Waals surface area (Å²) in [6.45, 7) is 3.73.